The summed E-state index contributed by atoms with van der Waals surface area (Å²) >= 11 is 4.27. The zero-order valence-electron chi connectivity index (χ0n) is 19.2. The van der Waals surface area contributed by atoms with Gasteiger partial charge in [-0.2, -0.15) is 0 Å². The van der Waals surface area contributed by atoms with E-state index >= 15 is 0 Å². The van der Waals surface area contributed by atoms with E-state index < -0.39 is 0 Å². The van der Waals surface area contributed by atoms with Gasteiger partial charge in [-0.1, -0.05) is 18.7 Å². The number of rotatable bonds is 6. The van der Waals surface area contributed by atoms with Crippen LogP contribution >= 0.6 is 34.4 Å². The van der Waals surface area contributed by atoms with Crippen LogP contribution in [0.25, 0.3) is 10.2 Å². The molecule has 2 aliphatic rings. The fourth-order valence-electron chi connectivity index (χ4n) is 4.77. The minimum absolute atomic E-state index is 0.0847. The fourth-order valence-corrected chi connectivity index (χ4v) is 8.16. The van der Waals surface area contributed by atoms with Crippen molar-refractivity contribution in [1.82, 2.24) is 9.97 Å². The van der Waals surface area contributed by atoms with Crippen LogP contribution in [0.3, 0.4) is 0 Å². The number of esters is 1. The summed E-state index contributed by atoms with van der Waals surface area (Å²) in [6.07, 6.45) is 6.88. The normalized spacial score (nSPS) is 17.3. The van der Waals surface area contributed by atoms with Crippen LogP contribution < -0.4 is 10.9 Å². The number of aromatic nitrogens is 2. The Morgan fingerprint density at radius 3 is 2.82 bits per heavy atom. The predicted octanol–water partition coefficient (Wildman–Crippen LogP) is 4.96. The van der Waals surface area contributed by atoms with Crippen LogP contribution in [0, 0.1) is 5.92 Å². The van der Waals surface area contributed by atoms with Gasteiger partial charge in [0.15, 0.2) is 5.16 Å². The Hall–Kier alpha value is -2.17. The van der Waals surface area contributed by atoms with E-state index in [4.69, 9.17) is 4.74 Å². The molecule has 7 nitrogen and oxygen atoms in total. The highest BCUT2D eigenvalue weighted by Crippen LogP contribution is 2.39. The molecule has 0 saturated heterocycles. The second-order valence-electron chi connectivity index (χ2n) is 8.88. The van der Waals surface area contributed by atoms with Crippen LogP contribution in [0.5, 0.6) is 0 Å². The van der Waals surface area contributed by atoms with Crippen LogP contribution in [0.2, 0.25) is 0 Å². The summed E-state index contributed by atoms with van der Waals surface area (Å²) in [6.45, 7) is 4.31. The van der Waals surface area contributed by atoms with E-state index in [1.807, 2.05) is 0 Å². The lowest BCUT2D eigenvalue weighted by molar-refractivity contribution is -0.113. The molecule has 0 aromatic carbocycles. The lowest BCUT2D eigenvalue weighted by Crippen LogP contribution is -2.18. The van der Waals surface area contributed by atoms with Gasteiger partial charge < -0.3 is 15.0 Å². The van der Waals surface area contributed by atoms with Crippen LogP contribution in [-0.4, -0.2) is 34.2 Å². The summed E-state index contributed by atoms with van der Waals surface area (Å²) in [5.41, 5.74) is 2.54. The predicted molar refractivity (Wildman–Crippen MR) is 138 cm³/mol. The minimum Gasteiger partial charge on any atom is -0.462 e. The molecule has 10 heteroatoms. The lowest BCUT2D eigenvalue weighted by Gasteiger charge is -2.17. The van der Waals surface area contributed by atoms with Crippen molar-refractivity contribution in [2.24, 2.45) is 5.92 Å². The molecule has 2 aliphatic carbocycles. The first-order valence-electron chi connectivity index (χ1n) is 11.7. The summed E-state index contributed by atoms with van der Waals surface area (Å²) in [7, 11) is 0. The van der Waals surface area contributed by atoms with Gasteiger partial charge in [-0.3, -0.25) is 9.59 Å². The number of carbonyl (C=O) groups excluding carboxylic acids is 2. The summed E-state index contributed by atoms with van der Waals surface area (Å²) in [6, 6.07) is 0. The maximum atomic E-state index is 12.8. The van der Waals surface area contributed by atoms with Crippen molar-refractivity contribution in [3.8, 4) is 0 Å². The smallest absolute Gasteiger partial charge is 0.341 e. The van der Waals surface area contributed by atoms with Crippen LogP contribution in [-0.2, 0) is 35.2 Å². The second-order valence-corrected chi connectivity index (χ2v) is 12.0. The van der Waals surface area contributed by atoms with Gasteiger partial charge in [0.25, 0.3) is 5.56 Å². The largest absolute Gasteiger partial charge is 0.462 e. The Balaban J connectivity index is 1.32. The third kappa shape index (κ3) is 4.55. The maximum absolute atomic E-state index is 12.8. The van der Waals surface area contributed by atoms with Gasteiger partial charge in [0.1, 0.15) is 9.83 Å². The summed E-state index contributed by atoms with van der Waals surface area (Å²) < 4.78 is 5.26. The summed E-state index contributed by atoms with van der Waals surface area (Å²) in [5.74, 6) is 0.0922. The average molecular weight is 518 g/mol. The number of anilines is 1. The molecule has 3 heterocycles. The quantitative estimate of drug-likeness (QED) is 0.272. The van der Waals surface area contributed by atoms with E-state index in [0.717, 1.165) is 65.8 Å². The zero-order chi connectivity index (χ0) is 23.8. The molecular weight excluding hydrogens is 490 g/mol. The number of hydrogen-bond acceptors (Lipinski definition) is 8. The van der Waals surface area contributed by atoms with Crippen molar-refractivity contribution in [2.75, 3.05) is 17.7 Å². The molecule has 1 atom stereocenters. The van der Waals surface area contributed by atoms with Gasteiger partial charge in [0, 0.05) is 9.75 Å². The number of aromatic amines is 1. The Morgan fingerprint density at radius 2 is 2.00 bits per heavy atom. The van der Waals surface area contributed by atoms with Gasteiger partial charge in [-0.15, -0.1) is 22.7 Å². The van der Waals surface area contributed by atoms with E-state index in [-0.39, 0.29) is 23.2 Å². The number of nitrogens with one attached hydrogen (secondary N) is 2. The molecule has 0 spiro atoms. The van der Waals surface area contributed by atoms with E-state index in [1.165, 1.54) is 28.0 Å². The molecule has 0 radical (unpaired) electrons. The fraction of sp³-hybridized carbons (Fsp3) is 0.500. The minimum atomic E-state index is -0.378. The number of hydrogen-bond donors (Lipinski definition) is 2. The Bertz CT molecular complexity index is 1320. The van der Waals surface area contributed by atoms with Crippen LogP contribution in [0.4, 0.5) is 5.00 Å². The van der Waals surface area contributed by atoms with Gasteiger partial charge in [0.05, 0.1) is 23.3 Å². The molecule has 34 heavy (non-hydrogen) atoms. The number of ether oxygens (including phenoxy) is 1. The number of amides is 1. The van der Waals surface area contributed by atoms with E-state index in [2.05, 4.69) is 22.2 Å². The Labute approximate surface area is 209 Å². The number of aryl methyl sites for hydroxylation is 2. The Morgan fingerprint density at radius 1 is 1.18 bits per heavy atom. The van der Waals surface area contributed by atoms with Crippen LogP contribution in [0.1, 0.15) is 64.3 Å². The van der Waals surface area contributed by atoms with E-state index in [1.54, 1.807) is 18.3 Å². The van der Waals surface area contributed by atoms with E-state index in [0.29, 0.717) is 33.6 Å². The number of thiophene rings is 2. The molecule has 3 aromatic rings. The highest BCUT2D eigenvalue weighted by molar-refractivity contribution is 7.99. The van der Waals surface area contributed by atoms with E-state index in [9.17, 15) is 14.4 Å². The topological polar surface area (TPSA) is 101 Å². The highest BCUT2D eigenvalue weighted by atomic mass is 32.2. The number of carbonyl (C=O) groups is 2. The number of nitrogens with zero attached hydrogens (tertiary/aromatic N) is 1. The highest BCUT2D eigenvalue weighted by Gasteiger charge is 2.27. The molecule has 180 valence electrons. The van der Waals surface area contributed by atoms with Crippen LogP contribution in [0.15, 0.2) is 9.95 Å². The molecule has 0 saturated carbocycles. The lowest BCUT2D eigenvalue weighted by atomic mass is 9.89. The average Bonchev–Trinajstić information content (AvgIpc) is 3.35. The summed E-state index contributed by atoms with van der Waals surface area (Å²) in [5, 5.41) is 4.63. The molecule has 3 aromatic heterocycles. The monoisotopic (exact) mass is 517 g/mol. The molecule has 1 amide bonds. The van der Waals surface area contributed by atoms with Gasteiger partial charge in [-0.05, 0) is 68.9 Å². The third-order valence-corrected chi connectivity index (χ3v) is 9.62. The first-order valence-corrected chi connectivity index (χ1v) is 14.3. The molecular formula is C24H27N3O4S3. The van der Waals surface area contributed by atoms with Gasteiger partial charge in [-0.25, -0.2) is 9.78 Å². The molecule has 5 rings (SSSR count). The number of H-pyrrole nitrogens is 1. The summed E-state index contributed by atoms with van der Waals surface area (Å²) in [4.78, 5) is 48.8. The Kier molecular flexibility index (Phi) is 6.81. The molecule has 2 N–H and O–H groups in total. The van der Waals surface area contributed by atoms with Gasteiger partial charge in [0.2, 0.25) is 5.91 Å². The molecule has 0 bridgehead atoms. The standard InChI is InChI=1S/C24H27N3O4S3/c1-3-31-23(30)19-13-6-4-5-7-15(13)33-22(19)25-17(28)11-32-24-26-20(29)18-14-9-8-12(2)10-16(14)34-21(18)27-24/h12H,3-11H2,1-2H3,(H,25,28)(H,26,27,29). The first kappa shape index (κ1) is 23.6. The molecule has 1 unspecified atom stereocenters. The van der Waals surface area contributed by atoms with Crippen molar-refractivity contribution >= 4 is 61.5 Å². The van der Waals surface area contributed by atoms with Crippen molar-refractivity contribution in [3.63, 3.8) is 0 Å². The van der Waals surface area contributed by atoms with Gasteiger partial charge >= 0.3 is 5.97 Å². The van der Waals surface area contributed by atoms with Crippen molar-refractivity contribution < 1.29 is 14.3 Å². The maximum Gasteiger partial charge on any atom is 0.341 e. The molecule has 0 fully saturated rings. The molecule has 0 aliphatic heterocycles. The number of fused-ring (bicyclic) bond motifs is 4. The SMILES string of the molecule is CCOC(=O)c1c(NC(=O)CSc2nc3sc4c(c3c(=O)[nH]2)CCC(C)C4)sc2c1CCCC2. The van der Waals surface area contributed by atoms with Crippen molar-refractivity contribution in [1.29, 1.82) is 0 Å². The van der Waals surface area contributed by atoms with Crippen molar-refractivity contribution in [2.45, 2.75) is 63.9 Å². The first-order chi connectivity index (χ1) is 16.4. The number of thioether (sulfide) groups is 1. The van der Waals surface area contributed by atoms with Crippen molar-refractivity contribution in [3.05, 3.63) is 36.8 Å². The second kappa shape index (κ2) is 9.83. The third-order valence-electron chi connectivity index (χ3n) is 6.39. The zero-order valence-corrected chi connectivity index (χ0v) is 21.7.